The van der Waals surface area contributed by atoms with Crippen LogP contribution < -0.4 is 0 Å². The Balaban J connectivity index is 1.62. The highest BCUT2D eigenvalue weighted by molar-refractivity contribution is 5.84. The summed E-state index contributed by atoms with van der Waals surface area (Å²) in [4.78, 5) is 14.9. The second-order valence-corrected chi connectivity index (χ2v) is 5.79. The first-order valence-corrected chi connectivity index (χ1v) is 7.70. The number of fused-ring (bicyclic) bond motifs is 3. The average Bonchev–Trinajstić information content (AvgIpc) is 2.98. The van der Waals surface area contributed by atoms with E-state index in [1.807, 2.05) is 6.07 Å². The van der Waals surface area contributed by atoms with Crippen LogP contribution in [0.2, 0.25) is 0 Å². The third-order valence-electron chi connectivity index (χ3n) is 4.22. The van der Waals surface area contributed by atoms with Gasteiger partial charge in [0.05, 0.1) is 10.6 Å². The molecule has 0 fully saturated rings. The molecule has 0 atom stereocenters. The highest BCUT2D eigenvalue weighted by atomic mass is 16.6. The summed E-state index contributed by atoms with van der Waals surface area (Å²) in [5.74, 6) is 0. The number of rotatable bonds is 3. The zero-order valence-electron chi connectivity index (χ0n) is 12.8. The van der Waals surface area contributed by atoms with E-state index in [1.54, 1.807) is 18.3 Å². The summed E-state index contributed by atoms with van der Waals surface area (Å²) in [6.45, 7) is 0. The molecule has 0 aliphatic heterocycles. The minimum absolute atomic E-state index is 0.0725. The molecule has 0 unspecified atom stereocenters. The zero-order chi connectivity index (χ0) is 16.5. The van der Waals surface area contributed by atoms with E-state index in [1.165, 1.54) is 34.4 Å². The number of nitrogens with zero attached hydrogens (tertiary/aromatic N) is 2. The summed E-state index contributed by atoms with van der Waals surface area (Å²) >= 11 is 0. The van der Waals surface area contributed by atoms with Gasteiger partial charge in [0.25, 0.3) is 5.69 Å². The van der Waals surface area contributed by atoms with Gasteiger partial charge < -0.3 is 0 Å². The molecule has 0 heterocycles. The van der Waals surface area contributed by atoms with Gasteiger partial charge in [0.1, 0.15) is 0 Å². The van der Waals surface area contributed by atoms with Crippen LogP contribution >= 0.6 is 0 Å². The first kappa shape index (κ1) is 14.3. The molecular formula is C20H14N2O2. The van der Waals surface area contributed by atoms with E-state index in [4.69, 9.17) is 0 Å². The third-order valence-corrected chi connectivity index (χ3v) is 4.22. The lowest BCUT2D eigenvalue weighted by Crippen LogP contribution is -1.89. The Labute approximate surface area is 139 Å². The molecule has 116 valence electrons. The van der Waals surface area contributed by atoms with Crippen LogP contribution in [0.5, 0.6) is 0 Å². The van der Waals surface area contributed by atoms with Crippen molar-refractivity contribution in [3.05, 3.63) is 93.5 Å². The molecule has 0 amide bonds. The van der Waals surface area contributed by atoms with Gasteiger partial charge in [-0.2, -0.15) is 0 Å². The summed E-state index contributed by atoms with van der Waals surface area (Å²) in [6.07, 6.45) is 2.59. The van der Waals surface area contributed by atoms with Gasteiger partial charge >= 0.3 is 0 Å². The van der Waals surface area contributed by atoms with Crippen molar-refractivity contribution in [2.24, 2.45) is 4.99 Å². The molecule has 1 aliphatic carbocycles. The SMILES string of the molecule is O=[N+]([O-])c1cccc(C=Nc2ccc3c(c2)Cc2ccccc2-3)c1. The summed E-state index contributed by atoms with van der Waals surface area (Å²) in [5.41, 5.74) is 6.81. The van der Waals surface area contributed by atoms with E-state index < -0.39 is 4.92 Å². The Bertz CT molecular complexity index is 977. The molecule has 24 heavy (non-hydrogen) atoms. The van der Waals surface area contributed by atoms with Crippen LogP contribution in [0.3, 0.4) is 0 Å². The maximum Gasteiger partial charge on any atom is 0.270 e. The van der Waals surface area contributed by atoms with Crippen molar-refractivity contribution in [1.29, 1.82) is 0 Å². The molecule has 3 aromatic rings. The first-order valence-electron chi connectivity index (χ1n) is 7.70. The number of hydrogen-bond acceptors (Lipinski definition) is 3. The predicted molar refractivity (Wildman–Crippen MR) is 95.0 cm³/mol. The molecule has 0 radical (unpaired) electrons. The van der Waals surface area contributed by atoms with Crippen molar-refractivity contribution in [1.82, 2.24) is 0 Å². The molecule has 1 aliphatic rings. The van der Waals surface area contributed by atoms with Crippen molar-refractivity contribution >= 4 is 17.6 Å². The summed E-state index contributed by atoms with van der Waals surface area (Å²) in [7, 11) is 0. The number of non-ortho nitro benzene ring substituents is 1. The minimum atomic E-state index is -0.399. The fraction of sp³-hybridized carbons (Fsp3) is 0.0500. The molecule has 0 bridgehead atoms. The number of hydrogen-bond donors (Lipinski definition) is 0. The molecule has 0 N–H and O–H groups in total. The molecule has 0 saturated heterocycles. The fourth-order valence-corrected chi connectivity index (χ4v) is 3.08. The second-order valence-electron chi connectivity index (χ2n) is 5.79. The van der Waals surface area contributed by atoms with Crippen molar-refractivity contribution < 1.29 is 4.92 Å². The van der Waals surface area contributed by atoms with Crippen molar-refractivity contribution in [3.63, 3.8) is 0 Å². The van der Waals surface area contributed by atoms with Crippen LogP contribution in [0.25, 0.3) is 11.1 Å². The van der Waals surface area contributed by atoms with Crippen molar-refractivity contribution in [2.45, 2.75) is 6.42 Å². The van der Waals surface area contributed by atoms with Crippen LogP contribution in [0, 0.1) is 10.1 Å². The van der Waals surface area contributed by atoms with E-state index in [-0.39, 0.29) is 5.69 Å². The Morgan fingerprint density at radius 3 is 2.62 bits per heavy atom. The lowest BCUT2D eigenvalue weighted by molar-refractivity contribution is -0.384. The standard InChI is InChI=1S/C20H14N2O2/c23-22(24)18-6-3-4-14(10-18)13-21-17-8-9-20-16(12-17)11-15-5-1-2-7-19(15)20/h1-10,12-13H,11H2. The van der Waals surface area contributed by atoms with Gasteiger partial charge in [0.2, 0.25) is 0 Å². The second kappa shape index (κ2) is 5.74. The molecule has 4 heteroatoms. The number of aliphatic imine (C=N–C) groups is 1. The van der Waals surface area contributed by atoms with Gasteiger partial charge in [-0.25, -0.2) is 0 Å². The van der Waals surface area contributed by atoms with Crippen LogP contribution in [0.15, 0.2) is 71.7 Å². The van der Waals surface area contributed by atoms with Gasteiger partial charge in [-0.3, -0.25) is 15.1 Å². The number of benzene rings is 3. The van der Waals surface area contributed by atoms with E-state index in [2.05, 4.69) is 41.4 Å². The highest BCUT2D eigenvalue weighted by Crippen LogP contribution is 2.38. The van der Waals surface area contributed by atoms with E-state index in [0.29, 0.717) is 5.56 Å². The topological polar surface area (TPSA) is 55.5 Å². The lowest BCUT2D eigenvalue weighted by Gasteiger charge is -2.01. The van der Waals surface area contributed by atoms with E-state index >= 15 is 0 Å². The Morgan fingerprint density at radius 1 is 0.917 bits per heavy atom. The molecule has 3 aromatic carbocycles. The van der Waals surface area contributed by atoms with Gasteiger partial charge in [0.15, 0.2) is 0 Å². The Morgan fingerprint density at radius 2 is 1.75 bits per heavy atom. The summed E-state index contributed by atoms with van der Waals surface area (Å²) in [6, 6.07) is 21.1. The van der Waals surface area contributed by atoms with Crippen LogP contribution in [-0.4, -0.2) is 11.1 Å². The van der Waals surface area contributed by atoms with Gasteiger partial charge in [0, 0.05) is 18.3 Å². The summed E-state index contributed by atoms with van der Waals surface area (Å²) in [5, 5.41) is 10.8. The van der Waals surface area contributed by atoms with Crippen molar-refractivity contribution in [2.75, 3.05) is 0 Å². The third kappa shape index (κ3) is 2.58. The van der Waals surface area contributed by atoms with Crippen LogP contribution in [-0.2, 0) is 6.42 Å². The minimum Gasteiger partial charge on any atom is -0.258 e. The molecule has 0 saturated carbocycles. The maximum atomic E-state index is 10.8. The predicted octanol–water partition coefficient (Wildman–Crippen LogP) is 4.92. The molecular weight excluding hydrogens is 300 g/mol. The lowest BCUT2D eigenvalue weighted by atomic mass is 10.1. The summed E-state index contributed by atoms with van der Waals surface area (Å²) < 4.78 is 0. The molecule has 4 rings (SSSR count). The smallest absolute Gasteiger partial charge is 0.258 e. The van der Waals surface area contributed by atoms with Gasteiger partial charge in [-0.1, -0.05) is 42.5 Å². The zero-order valence-corrected chi connectivity index (χ0v) is 12.8. The van der Waals surface area contributed by atoms with E-state index in [9.17, 15) is 10.1 Å². The fourth-order valence-electron chi connectivity index (χ4n) is 3.08. The molecule has 4 nitrogen and oxygen atoms in total. The maximum absolute atomic E-state index is 10.8. The largest absolute Gasteiger partial charge is 0.270 e. The number of nitro groups is 1. The first-order chi connectivity index (χ1) is 11.7. The monoisotopic (exact) mass is 314 g/mol. The van der Waals surface area contributed by atoms with Crippen molar-refractivity contribution in [3.8, 4) is 11.1 Å². The highest BCUT2D eigenvalue weighted by Gasteiger charge is 2.17. The van der Waals surface area contributed by atoms with Crippen LogP contribution in [0.4, 0.5) is 11.4 Å². The van der Waals surface area contributed by atoms with E-state index in [0.717, 1.165) is 12.1 Å². The molecule has 0 spiro atoms. The quantitative estimate of drug-likeness (QED) is 0.306. The van der Waals surface area contributed by atoms with Gasteiger partial charge in [-0.15, -0.1) is 0 Å². The normalized spacial score (nSPS) is 12.2. The average molecular weight is 314 g/mol. The molecule has 0 aromatic heterocycles. The van der Waals surface area contributed by atoms with Gasteiger partial charge in [-0.05, 0) is 46.4 Å². The van der Waals surface area contributed by atoms with Crippen LogP contribution in [0.1, 0.15) is 16.7 Å². The Hall–Kier alpha value is -3.27. The Kier molecular flexibility index (Phi) is 3.43. The number of nitro benzene ring substituents is 1.